The van der Waals surface area contributed by atoms with E-state index in [1.165, 1.54) is 11.8 Å². The van der Waals surface area contributed by atoms with Crippen molar-refractivity contribution in [3.05, 3.63) is 71.0 Å². The Bertz CT molecular complexity index is 939. The average molecular weight is 413 g/mol. The Morgan fingerprint density at radius 1 is 1.14 bits per heavy atom. The first-order valence-electron chi connectivity index (χ1n) is 9.35. The van der Waals surface area contributed by atoms with Gasteiger partial charge >= 0.3 is 0 Å². The molecule has 1 heterocycles. The van der Waals surface area contributed by atoms with Crippen LogP contribution in [0, 0.1) is 0 Å². The summed E-state index contributed by atoms with van der Waals surface area (Å²) in [5.41, 5.74) is 2.16. The molecule has 0 spiro atoms. The van der Waals surface area contributed by atoms with Crippen LogP contribution < -0.4 is 5.32 Å². The van der Waals surface area contributed by atoms with E-state index in [0.717, 1.165) is 41.4 Å². The maximum absolute atomic E-state index is 12.2. The lowest BCUT2D eigenvalue weighted by Gasteiger charge is -2.04. The SMILES string of the molecule is O=C(CSc1nc(C2CC2)n(-c2ccccc2)n1)NCCc1ccc(Cl)cc1. The Morgan fingerprint density at radius 2 is 1.89 bits per heavy atom. The van der Waals surface area contributed by atoms with Gasteiger partial charge < -0.3 is 5.32 Å². The maximum Gasteiger partial charge on any atom is 0.230 e. The minimum Gasteiger partial charge on any atom is -0.355 e. The van der Waals surface area contributed by atoms with Crippen LogP contribution in [0.3, 0.4) is 0 Å². The summed E-state index contributed by atoms with van der Waals surface area (Å²) >= 11 is 7.26. The molecule has 1 saturated carbocycles. The van der Waals surface area contributed by atoms with Gasteiger partial charge in [0.2, 0.25) is 11.1 Å². The van der Waals surface area contributed by atoms with E-state index in [4.69, 9.17) is 11.6 Å². The van der Waals surface area contributed by atoms with Crippen LogP contribution in [-0.4, -0.2) is 33.0 Å². The van der Waals surface area contributed by atoms with Crippen molar-refractivity contribution in [1.82, 2.24) is 20.1 Å². The summed E-state index contributed by atoms with van der Waals surface area (Å²) < 4.78 is 1.92. The van der Waals surface area contributed by atoms with Crippen LogP contribution >= 0.6 is 23.4 Å². The van der Waals surface area contributed by atoms with Crippen molar-refractivity contribution in [3.8, 4) is 5.69 Å². The molecule has 7 heteroatoms. The Labute approximate surface area is 173 Å². The highest BCUT2D eigenvalue weighted by Crippen LogP contribution is 2.40. The van der Waals surface area contributed by atoms with Crippen LogP contribution in [0.25, 0.3) is 5.69 Å². The van der Waals surface area contributed by atoms with Crippen molar-refractivity contribution < 1.29 is 4.79 Å². The molecule has 5 nitrogen and oxygen atoms in total. The molecule has 4 rings (SSSR count). The standard InChI is InChI=1S/C21H21ClN4OS/c22-17-10-6-15(7-11-17)12-13-23-19(27)14-28-21-24-20(16-8-9-16)26(25-21)18-4-2-1-3-5-18/h1-7,10-11,16H,8-9,12-14H2,(H,23,27). The van der Waals surface area contributed by atoms with E-state index in [1.54, 1.807) is 0 Å². The van der Waals surface area contributed by atoms with Gasteiger partial charge in [0, 0.05) is 17.5 Å². The number of carbonyl (C=O) groups excluding carboxylic acids is 1. The van der Waals surface area contributed by atoms with Gasteiger partial charge in [0.15, 0.2) is 0 Å². The summed E-state index contributed by atoms with van der Waals surface area (Å²) in [6.07, 6.45) is 3.09. The first-order chi connectivity index (χ1) is 13.7. The second kappa shape index (κ2) is 8.80. The zero-order valence-electron chi connectivity index (χ0n) is 15.3. The van der Waals surface area contributed by atoms with Gasteiger partial charge in [0.25, 0.3) is 0 Å². The number of carbonyl (C=O) groups is 1. The first-order valence-corrected chi connectivity index (χ1v) is 10.7. The Hall–Kier alpha value is -2.31. The van der Waals surface area contributed by atoms with Crippen LogP contribution in [0.1, 0.15) is 30.1 Å². The molecule has 1 aliphatic carbocycles. The molecule has 0 radical (unpaired) electrons. The number of benzene rings is 2. The lowest BCUT2D eigenvalue weighted by atomic mass is 10.1. The number of hydrogen-bond donors (Lipinski definition) is 1. The van der Waals surface area contributed by atoms with E-state index in [1.807, 2.05) is 59.3 Å². The predicted molar refractivity (Wildman–Crippen MR) is 112 cm³/mol. The van der Waals surface area contributed by atoms with Crippen molar-refractivity contribution in [2.45, 2.75) is 30.3 Å². The molecule has 0 atom stereocenters. The maximum atomic E-state index is 12.2. The highest BCUT2D eigenvalue weighted by Gasteiger charge is 2.30. The van der Waals surface area contributed by atoms with Crippen LogP contribution in [0.15, 0.2) is 59.8 Å². The van der Waals surface area contributed by atoms with Crippen molar-refractivity contribution in [1.29, 1.82) is 0 Å². The third-order valence-electron chi connectivity index (χ3n) is 4.54. The Kier molecular flexibility index (Phi) is 5.98. The van der Waals surface area contributed by atoms with E-state index >= 15 is 0 Å². The molecule has 0 unspecified atom stereocenters. The summed E-state index contributed by atoms with van der Waals surface area (Å²) in [4.78, 5) is 16.8. The Balaban J connectivity index is 1.31. The molecule has 0 saturated heterocycles. The molecule has 0 bridgehead atoms. The lowest BCUT2D eigenvalue weighted by molar-refractivity contribution is -0.118. The van der Waals surface area contributed by atoms with E-state index in [-0.39, 0.29) is 5.91 Å². The van der Waals surface area contributed by atoms with E-state index in [2.05, 4.69) is 15.4 Å². The topological polar surface area (TPSA) is 59.8 Å². The van der Waals surface area contributed by atoms with Gasteiger partial charge in [-0.1, -0.05) is 53.7 Å². The minimum atomic E-state index is -0.0111. The first kappa shape index (κ1) is 19.0. The zero-order valence-corrected chi connectivity index (χ0v) is 16.9. The molecule has 1 N–H and O–H groups in total. The smallest absolute Gasteiger partial charge is 0.230 e. The molecule has 144 valence electrons. The number of thioether (sulfide) groups is 1. The van der Waals surface area contributed by atoms with Gasteiger partial charge in [0.1, 0.15) is 5.82 Å². The van der Waals surface area contributed by atoms with Crippen LogP contribution in [0.5, 0.6) is 0 Å². The highest BCUT2D eigenvalue weighted by molar-refractivity contribution is 7.99. The number of para-hydroxylation sites is 1. The predicted octanol–water partition coefficient (Wildman–Crippen LogP) is 4.25. The third-order valence-corrected chi connectivity index (χ3v) is 5.63. The molecule has 1 aromatic heterocycles. The van der Waals surface area contributed by atoms with Crippen LogP contribution in [0.4, 0.5) is 0 Å². The van der Waals surface area contributed by atoms with Crippen molar-refractivity contribution >= 4 is 29.3 Å². The second-order valence-corrected chi connectivity index (χ2v) is 8.17. The van der Waals surface area contributed by atoms with Gasteiger partial charge in [-0.15, -0.1) is 5.10 Å². The van der Waals surface area contributed by atoms with Gasteiger partial charge in [-0.05, 0) is 49.1 Å². The quantitative estimate of drug-likeness (QED) is 0.562. The fourth-order valence-corrected chi connectivity index (χ4v) is 3.69. The number of hydrogen-bond acceptors (Lipinski definition) is 4. The fourth-order valence-electron chi connectivity index (χ4n) is 2.91. The summed E-state index contributed by atoms with van der Waals surface area (Å²) in [5.74, 6) is 1.78. The molecule has 1 aliphatic rings. The van der Waals surface area contributed by atoms with Gasteiger partial charge in [0.05, 0.1) is 11.4 Å². The van der Waals surface area contributed by atoms with Crippen molar-refractivity contribution in [2.24, 2.45) is 0 Å². The number of rotatable bonds is 8. The van der Waals surface area contributed by atoms with Crippen LogP contribution in [-0.2, 0) is 11.2 Å². The molecular weight excluding hydrogens is 392 g/mol. The minimum absolute atomic E-state index is 0.0111. The van der Waals surface area contributed by atoms with E-state index in [9.17, 15) is 4.79 Å². The normalized spacial score (nSPS) is 13.5. The van der Waals surface area contributed by atoms with Crippen molar-refractivity contribution in [2.75, 3.05) is 12.3 Å². The number of nitrogens with one attached hydrogen (secondary N) is 1. The average Bonchev–Trinajstić information content (AvgIpc) is 3.48. The number of halogens is 1. The molecule has 3 aromatic rings. The number of amides is 1. The highest BCUT2D eigenvalue weighted by atomic mass is 35.5. The van der Waals surface area contributed by atoms with Gasteiger partial charge in [-0.2, -0.15) is 0 Å². The fraction of sp³-hybridized carbons (Fsp3) is 0.286. The number of nitrogens with zero attached hydrogens (tertiary/aromatic N) is 3. The largest absolute Gasteiger partial charge is 0.355 e. The summed E-state index contributed by atoms with van der Waals surface area (Å²) in [6.45, 7) is 0.597. The molecule has 2 aromatic carbocycles. The van der Waals surface area contributed by atoms with Gasteiger partial charge in [-0.25, -0.2) is 9.67 Å². The third kappa shape index (κ3) is 4.94. The lowest BCUT2D eigenvalue weighted by Crippen LogP contribution is -2.27. The van der Waals surface area contributed by atoms with Crippen LogP contribution in [0.2, 0.25) is 5.02 Å². The summed E-state index contributed by atoms with van der Waals surface area (Å²) in [7, 11) is 0. The molecule has 28 heavy (non-hydrogen) atoms. The van der Waals surface area contributed by atoms with Gasteiger partial charge in [-0.3, -0.25) is 4.79 Å². The second-order valence-electron chi connectivity index (χ2n) is 6.79. The van der Waals surface area contributed by atoms with Crippen molar-refractivity contribution in [3.63, 3.8) is 0 Å². The Morgan fingerprint density at radius 3 is 2.61 bits per heavy atom. The molecule has 0 aliphatic heterocycles. The number of aromatic nitrogens is 3. The molecular formula is C21H21ClN4OS. The summed E-state index contributed by atoms with van der Waals surface area (Å²) in [5, 5.41) is 8.95. The molecule has 1 fully saturated rings. The van der Waals surface area contributed by atoms with E-state index in [0.29, 0.717) is 23.4 Å². The molecule has 1 amide bonds. The summed E-state index contributed by atoms with van der Waals surface area (Å²) in [6, 6.07) is 17.7. The monoisotopic (exact) mass is 412 g/mol. The zero-order chi connectivity index (χ0) is 19.3. The van der Waals surface area contributed by atoms with E-state index < -0.39 is 0 Å².